The van der Waals surface area contributed by atoms with E-state index >= 15 is 0 Å². The molecule has 1 amide bonds. The number of para-hydroxylation sites is 1. The van der Waals surface area contributed by atoms with Crippen molar-refractivity contribution in [3.63, 3.8) is 0 Å². The van der Waals surface area contributed by atoms with E-state index in [2.05, 4.69) is 5.32 Å². The predicted molar refractivity (Wildman–Crippen MR) is 165 cm³/mol. The van der Waals surface area contributed by atoms with E-state index in [1.165, 1.54) is 23.1 Å². The Morgan fingerprint density at radius 3 is 2.49 bits per heavy atom. The molecule has 0 aromatic heterocycles. The monoisotopic (exact) mass is 580 g/mol. The summed E-state index contributed by atoms with van der Waals surface area (Å²) in [4.78, 5) is 28.2. The highest BCUT2D eigenvalue weighted by atomic mass is 16.7. The average Bonchev–Trinajstić information content (AvgIpc) is 3.46. The standard InChI is InChI=1S/C34H32N2O7/c1-5-40-30-17-23(13-15-28(30)37)14-16-33(38)36(4)27-18-31-32(42-20-41-31)19-29(27)43-34(39)24-10-6-7-11-26(24)35-25-12-8-9-21(2)22(25)3/h6-19,35,37H,5,20H2,1-4H3/b16-14+. The Kier molecular flexibility index (Phi) is 8.52. The maximum absolute atomic E-state index is 13.6. The molecule has 1 aliphatic heterocycles. The number of carbonyl (C=O) groups is 2. The van der Waals surface area contributed by atoms with Crippen LogP contribution in [-0.4, -0.2) is 37.4 Å². The van der Waals surface area contributed by atoms with Gasteiger partial charge in [0.15, 0.2) is 28.7 Å². The molecule has 0 saturated carbocycles. The van der Waals surface area contributed by atoms with Crippen molar-refractivity contribution in [2.75, 3.05) is 30.7 Å². The molecule has 0 bridgehead atoms. The summed E-state index contributed by atoms with van der Waals surface area (Å²) in [6, 6.07) is 20.9. The number of hydrogen-bond donors (Lipinski definition) is 2. The van der Waals surface area contributed by atoms with Crippen LogP contribution in [0.15, 0.2) is 78.9 Å². The van der Waals surface area contributed by atoms with Crippen molar-refractivity contribution in [1.29, 1.82) is 0 Å². The van der Waals surface area contributed by atoms with Gasteiger partial charge >= 0.3 is 5.97 Å². The van der Waals surface area contributed by atoms with Crippen molar-refractivity contribution < 1.29 is 33.6 Å². The lowest BCUT2D eigenvalue weighted by Gasteiger charge is -2.20. The molecule has 4 aromatic rings. The van der Waals surface area contributed by atoms with E-state index < -0.39 is 5.97 Å². The molecule has 0 saturated heterocycles. The normalized spacial score (nSPS) is 11.8. The fourth-order valence-corrected chi connectivity index (χ4v) is 4.52. The Morgan fingerprint density at radius 2 is 1.70 bits per heavy atom. The molecule has 0 fully saturated rings. The summed E-state index contributed by atoms with van der Waals surface area (Å²) in [6.45, 7) is 6.25. The van der Waals surface area contributed by atoms with Crippen LogP contribution in [0, 0.1) is 13.8 Å². The zero-order valence-electron chi connectivity index (χ0n) is 24.3. The van der Waals surface area contributed by atoms with Gasteiger partial charge in [0.2, 0.25) is 6.79 Å². The molecule has 220 valence electrons. The summed E-state index contributed by atoms with van der Waals surface area (Å²) in [5.41, 5.74) is 4.94. The third-order valence-corrected chi connectivity index (χ3v) is 7.07. The minimum Gasteiger partial charge on any atom is -0.504 e. The average molecular weight is 581 g/mol. The number of phenolic OH excluding ortho intramolecular Hbond substituents is 1. The molecular weight excluding hydrogens is 548 g/mol. The van der Waals surface area contributed by atoms with Gasteiger partial charge in [-0.3, -0.25) is 4.79 Å². The molecule has 0 unspecified atom stereocenters. The number of aryl methyl sites for hydroxylation is 1. The summed E-state index contributed by atoms with van der Waals surface area (Å²) in [5, 5.41) is 13.3. The first-order valence-corrected chi connectivity index (χ1v) is 13.7. The number of hydrogen-bond acceptors (Lipinski definition) is 8. The third-order valence-electron chi connectivity index (χ3n) is 7.07. The van der Waals surface area contributed by atoms with Gasteiger partial charge in [-0.2, -0.15) is 0 Å². The minimum atomic E-state index is -0.613. The van der Waals surface area contributed by atoms with Crippen LogP contribution in [0.4, 0.5) is 17.1 Å². The minimum absolute atomic E-state index is 0.00928. The van der Waals surface area contributed by atoms with E-state index in [4.69, 9.17) is 18.9 Å². The highest BCUT2D eigenvalue weighted by molar-refractivity contribution is 6.05. The van der Waals surface area contributed by atoms with Gasteiger partial charge < -0.3 is 34.3 Å². The summed E-state index contributed by atoms with van der Waals surface area (Å²) in [5.74, 6) is 0.287. The summed E-state index contributed by atoms with van der Waals surface area (Å²) in [6.07, 6.45) is 2.98. The second-order valence-corrected chi connectivity index (χ2v) is 9.87. The zero-order valence-corrected chi connectivity index (χ0v) is 24.3. The number of amides is 1. The molecule has 2 N–H and O–H groups in total. The molecule has 9 nitrogen and oxygen atoms in total. The van der Waals surface area contributed by atoms with Crippen molar-refractivity contribution in [2.24, 2.45) is 0 Å². The summed E-state index contributed by atoms with van der Waals surface area (Å²) >= 11 is 0. The van der Waals surface area contributed by atoms with Crippen LogP contribution in [0.3, 0.4) is 0 Å². The van der Waals surface area contributed by atoms with Gasteiger partial charge in [0, 0.05) is 30.9 Å². The highest BCUT2D eigenvalue weighted by Crippen LogP contribution is 2.43. The molecule has 1 aliphatic rings. The van der Waals surface area contributed by atoms with Crippen LogP contribution in [-0.2, 0) is 4.79 Å². The number of rotatable bonds is 9. The molecule has 1 heterocycles. The number of nitrogens with zero attached hydrogens (tertiary/aromatic N) is 1. The van der Waals surface area contributed by atoms with Gasteiger partial charge in [-0.25, -0.2) is 4.79 Å². The second-order valence-electron chi connectivity index (χ2n) is 9.87. The highest BCUT2D eigenvalue weighted by Gasteiger charge is 2.25. The van der Waals surface area contributed by atoms with E-state index in [1.54, 1.807) is 49.5 Å². The predicted octanol–water partition coefficient (Wildman–Crippen LogP) is 6.78. The van der Waals surface area contributed by atoms with Gasteiger partial charge in [0.25, 0.3) is 5.91 Å². The molecule has 5 rings (SSSR count). The fraction of sp³-hybridized carbons (Fsp3) is 0.176. The van der Waals surface area contributed by atoms with Gasteiger partial charge in [-0.05, 0) is 73.9 Å². The SMILES string of the molecule is CCOc1cc(/C=C/C(=O)N(C)c2cc3c(cc2OC(=O)c2ccccc2Nc2cccc(C)c2C)OCO3)ccc1O. The number of esters is 1. The van der Waals surface area contributed by atoms with E-state index in [0.29, 0.717) is 46.4 Å². The molecule has 0 spiro atoms. The van der Waals surface area contributed by atoms with Crippen molar-refractivity contribution >= 4 is 35.0 Å². The number of phenols is 1. The van der Waals surface area contributed by atoms with E-state index in [9.17, 15) is 14.7 Å². The lowest BCUT2D eigenvalue weighted by molar-refractivity contribution is -0.113. The van der Waals surface area contributed by atoms with Crippen LogP contribution in [0.25, 0.3) is 6.08 Å². The molecule has 4 aromatic carbocycles. The topological polar surface area (TPSA) is 107 Å². The number of aromatic hydroxyl groups is 1. The molecule has 0 radical (unpaired) electrons. The first kappa shape index (κ1) is 29.1. The van der Waals surface area contributed by atoms with Gasteiger partial charge in [-0.15, -0.1) is 0 Å². The van der Waals surface area contributed by atoms with Gasteiger partial charge in [0.1, 0.15) is 0 Å². The molecule has 43 heavy (non-hydrogen) atoms. The number of benzene rings is 4. The smallest absolute Gasteiger partial charge is 0.345 e. The van der Waals surface area contributed by atoms with Crippen molar-refractivity contribution in [1.82, 2.24) is 0 Å². The molecule has 0 aliphatic carbocycles. The van der Waals surface area contributed by atoms with Crippen LogP contribution < -0.4 is 29.2 Å². The van der Waals surface area contributed by atoms with Gasteiger partial charge in [0.05, 0.1) is 23.5 Å². The van der Waals surface area contributed by atoms with Gasteiger partial charge in [-0.1, -0.05) is 30.3 Å². The maximum Gasteiger partial charge on any atom is 0.345 e. The Hall–Kier alpha value is -5.44. The van der Waals surface area contributed by atoms with Crippen LogP contribution >= 0.6 is 0 Å². The first-order chi connectivity index (χ1) is 20.7. The zero-order chi connectivity index (χ0) is 30.5. The maximum atomic E-state index is 13.6. The lowest BCUT2D eigenvalue weighted by Crippen LogP contribution is -2.25. The van der Waals surface area contributed by atoms with E-state index in [1.807, 2.05) is 45.0 Å². The van der Waals surface area contributed by atoms with Crippen LogP contribution in [0.1, 0.15) is 34.0 Å². The Bertz CT molecular complexity index is 1710. The lowest BCUT2D eigenvalue weighted by atomic mass is 10.1. The second kappa shape index (κ2) is 12.6. The molecular formula is C34H32N2O7. The number of likely N-dealkylation sites (N-methyl/N-ethyl adjacent to an activating group) is 1. The largest absolute Gasteiger partial charge is 0.504 e. The number of anilines is 3. The van der Waals surface area contributed by atoms with Crippen LogP contribution in [0.2, 0.25) is 0 Å². The molecule has 9 heteroatoms. The number of carbonyl (C=O) groups excluding carboxylic acids is 2. The first-order valence-electron chi connectivity index (χ1n) is 13.7. The Morgan fingerprint density at radius 1 is 0.953 bits per heavy atom. The quantitative estimate of drug-likeness (QED) is 0.127. The molecule has 0 atom stereocenters. The third kappa shape index (κ3) is 6.41. The van der Waals surface area contributed by atoms with E-state index in [-0.39, 0.29) is 24.2 Å². The van der Waals surface area contributed by atoms with Crippen molar-refractivity contribution in [3.8, 4) is 28.7 Å². The fourth-order valence-electron chi connectivity index (χ4n) is 4.52. The van der Waals surface area contributed by atoms with Crippen molar-refractivity contribution in [3.05, 3.63) is 101 Å². The summed E-state index contributed by atoms with van der Waals surface area (Å²) in [7, 11) is 1.57. The van der Waals surface area contributed by atoms with E-state index in [0.717, 1.165) is 16.8 Å². The number of ether oxygens (including phenoxy) is 4. The Labute approximate surface area is 249 Å². The van der Waals surface area contributed by atoms with Crippen molar-refractivity contribution in [2.45, 2.75) is 20.8 Å². The summed E-state index contributed by atoms with van der Waals surface area (Å²) < 4.78 is 22.4. The Balaban J connectivity index is 1.41. The number of fused-ring (bicyclic) bond motifs is 1. The number of nitrogens with one attached hydrogen (secondary N) is 1. The van der Waals surface area contributed by atoms with Crippen LogP contribution in [0.5, 0.6) is 28.7 Å².